The van der Waals surface area contributed by atoms with E-state index in [2.05, 4.69) is 11.5 Å². The zero-order valence-electron chi connectivity index (χ0n) is 10.5. The fourth-order valence-corrected chi connectivity index (χ4v) is 1.77. The number of carbonyl (C=O) groups is 1. The Morgan fingerprint density at radius 1 is 1.50 bits per heavy atom. The minimum absolute atomic E-state index is 0.218. The van der Waals surface area contributed by atoms with Crippen molar-refractivity contribution in [3.63, 3.8) is 0 Å². The second-order valence-corrected chi connectivity index (χ2v) is 4.14. The Hall–Kier alpha value is -1.90. The molecule has 0 heterocycles. The molecule has 0 aromatic heterocycles. The van der Waals surface area contributed by atoms with Gasteiger partial charge in [0.2, 0.25) is 5.91 Å². The van der Waals surface area contributed by atoms with Gasteiger partial charge in [-0.05, 0) is 12.6 Å². The van der Waals surface area contributed by atoms with Crippen LogP contribution < -0.4 is 11.3 Å². The summed E-state index contributed by atoms with van der Waals surface area (Å²) in [4.78, 5) is 13.7. The van der Waals surface area contributed by atoms with Gasteiger partial charge in [0.15, 0.2) is 0 Å². The lowest BCUT2D eigenvalue weighted by atomic mass is 9.98. The van der Waals surface area contributed by atoms with Crippen molar-refractivity contribution < 1.29 is 4.79 Å². The molecule has 0 fully saturated rings. The van der Waals surface area contributed by atoms with Crippen LogP contribution in [0.3, 0.4) is 0 Å². The normalized spacial score (nSPS) is 11.9. The van der Waals surface area contributed by atoms with Crippen molar-refractivity contribution in [1.82, 2.24) is 10.3 Å². The van der Waals surface area contributed by atoms with Crippen LogP contribution in [0.15, 0.2) is 30.3 Å². The van der Waals surface area contributed by atoms with Gasteiger partial charge in [-0.2, -0.15) is 5.26 Å². The van der Waals surface area contributed by atoms with Gasteiger partial charge in [0, 0.05) is 19.5 Å². The van der Waals surface area contributed by atoms with Crippen LogP contribution in [0, 0.1) is 11.3 Å². The number of carbonyl (C=O) groups excluding carboxylic acids is 1. The molecule has 1 rings (SSSR count). The quantitative estimate of drug-likeness (QED) is 0.437. The molecule has 1 unspecified atom stereocenters. The Morgan fingerprint density at radius 3 is 2.72 bits per heavy atom. The van der Waals surface area contributed by atoms with Crippen LogP contribution in [-0.4, -0.2) is 30.9 Å². The number of nitrogens with one attached hydrogen (secondary N) is 1. The summed E-state index contributed by atoms with van der Waals surface area (Å²) < 4.78 is 0. The summed E-state index contributed by atoms with van der Waals surface area (Å²) in [6, 6.07) is 11.6. The monoisotopic (exact) mass is 246 g/mol. The van der Waals surface area contributed by atoms with E-state index in [-0.39, 0.29) is 11.8 Å². The molecule has 0 saturated carbocycles. The van der Waals surface area contributed by atoms with Crippen LogP contribution in [0.2, 0.25) is 0 Å². The Kier molecular flexibility index (Phi) is 5.85. The largest absolute Gasteiger partial charge is 0.304 e. The highest BCUT2D eigenvalue weighted by molar-refractivity contribution is 5.83. The number of nitrogens with two attached hydrogens (primary N) is 1. The van der Waals surface area contributed by atoms with Gasteiger partial charge < -0.3 is 4.90 Å². The summed E-state index contributed by atoms with van der Waals surface area (Å²) in [6.45, 7) is 1.17. The Labute approximate surface area is 107 Å². The summed E-state index contributed by atoms with van der Waals surface area (Å²) in [6.07, 6.45) is 0.447. The molecular weight excluding hydrogens is 228 g/mol. The Balaban J connectivity index is 2.74. The summed E-state index contributed by atoms with van der Waals surface area (Å²) in [5.41, 5.74) is 3.12. The topological polar surface area (TPSA) is 82.2 Å². The fraction of sp³-hybridized carbons (Fsp3) is 0.385. The minimum Gasteiger partial charge on any atom is -0.304 e. The van der Waals surface area contributed by atoms with E-state index in [0.29, 0.717) is 19.5 Å². The number of rotatable bonds is 6. The zero-order chi connectivity index (χ0) is 13.4. The van der Waals surface area contributed by atoms with Crippen LogP contribution in [0.4, 0.5) is 0 Å². The van der Waals surface area contributed by atoms with Crippen LogP contribution in [0.1, 0.15) is 17.9 Å². The van der Waals surface area contributed by atoms with E-state index >= 15 is 0 Å². The highest BCUT2D eigenvalue weighted by atomic mass is 16.2. The summed E-state index contributed by atoms with van der Waals surface area (Å²) >= 11 is 0. The van der Waals surface area contributed by atoms with E-state index < -0.39 is 0 Å². The molecule has 0 radical (unpaired) electrons. The lowest BCUT2D eigenvalue weighted by Gasteiger charge is -2.22. The molecule has 5 nitrogen and oxygen atoms in total. The van der Waals surface area contributed by atoms with Crippen molar-refractivity contribution in [1.29, 1.82) is 5.26 Å². The van der Waals surface area contributed by atoms with Crippen molar-refractivity contribution in [2.45, 2.75) is 12.3 Å². The summed E-state index contributed by atoms with van der Waals surface area (Å²) in [5.74, 6) is 4.68. The first-order valence-electron chi connectivity index (χ1n) is 5.80. The number of amides is 1. The minimum atomic E-state index is -0.320. The molecule has 0 aliphatic rings. The van der Waals surface area contributed by atoms with E-state index in [1.807, 2.05) is 42.3 Å². The molecule has 1 atom stereocenters. The van der Waals surface area contributed by atoms with Gasteiger partial charge in [0.1, 0.15) is 0 Å². The molecule has 1 amide bonds. The molecular formula is C13H18N4O. The number of nitrogens with zero attached hydrogens (tertiary/aromatic N) is 2. The first-order chi connectivity index (χ1) is 8.69. The first kappa shape index (κ1) is 14.2. The van der Waals surface area contributed by atoms with Crippen molar-refractivity contribution in [2.24, 2.45) is 5.84 Å². The van der Waals surface area contributed by atoms with Gasteiger partial charge in [-0.3, -0.25) is 10.2 Å². The van der Waals surface area contributed by atoms with Gasteiger partial charge in [0.25, 0.3) is 0 Å². The average Bonchev–Trinajstić information content (AvgIpc) is 2.42. The van der Waals surface area contributed by atoms with Crippen LogP contribution >= 0.6 is 0 Å². The van der Waals surface area contributed by atoms with E-state index in [1.165, 1.54) is 0 Å². The molecule has 1 aromatic carbocycles. The molecule has 0 spiro atoms. The lowest BCUT2D eigenvalue weighted by Crippen LogP contribution is -2.39. The third-order valence-electron chi connectivity index (χ3n) is 2.76. The van der Waals surface area contributed by atoms with E-state index in [9.17, 15) is 4.79 Å². The fourth-order valence-electron chi connectivity index (χ4n) is 1.77. The predicted octanol–water partition coefficient (Wildman–Crippen LogP) is 0.606. The summed E-state index contributed by atoms with van der Waals surface area (Å²) in [7, 11) is 1.89. The average molecular weight is 246 g/mol. The van der Waals surface area contributed by atoms with Gasteiger partial charge in [-0.1, -0.05) is 30.3 Å². The highest BCUT2D eigenvalue weighted by Crippen LogP contribution is 2.16. The van der Waals surface area contributed by atoms with Crippen molar-refractivity contribution in [3.8, 4) is 6.07 Å². The lowest BCUT2D eigenvalue weighted by molar-refractivity contribution is -0.123. The van der Waals surface area contributed by atoms with Crippen LogP contribution in [0.5, 0.6) is 0 Å². The third kappa shape index (κ3) is 4.17. The molecule has 1 aromatic rings. The summed E-state index contributed by atoms with van der Waals surface area (Å²) in [5, 5.41) is 8.55. The first-order valence-corrected chi connectivity index (χ1v) is 5.80. The maximum absolute atomic E-state index is 11.8. The SMILES string of the molecule is CN(CCC#N)CC(C(=O)NN)c1ccccc1. The molecule has 96 valence electrons. The van der Waals surface area contributed by atoms with Crippen molar-refractivity contribution in [3.05, 3.63) is 35.9 Å². The van der Waals surface area contributed by atoms with E-state index in [4.69, 9.17) is 11.1 Å². The molecule has 0 bridgehead atoms. The van der Waals surface area contributed by atoms with Crippen LogP contribution in [-0.2, 0) is 4.79 Å². The van der Waals surface area contributed by atoms with E-state index in [0.717, 1.165) is 5.56 Å². The third-order valence-corrected chi connectivity index (χ3v) is 2.76. The number of likely N-dealkylation sites (N-methyl/N-ethyl adjacent to an activating group) is 1. The van der Waals surface area contributed by atoms with Gasteiger partial charge in [-0.25, -0.2) is 5.84 Å². The van der Waals surface area contributed by atoms with Gasteiger partial charge >= 0.3 is 0 Å². The van der Waals surface area contributed by atoms with Crippen LogP contribution in [0.25, 0.3) is 0 Å². The molecule has 0 aliphatic heterocycles. The number of hydrogen-bond donors (Lipinski definition) is 2. The number of nitriles is 1. The van der Waals surface area contributed by atoms with Crippen molar-refractivity contribution in [2.75, 3.05) is 20.1 Å². The smallest absolute Gasteiger partial charge is 0.242 e. The predicted molar refractivity (Wildman–Crippen MR) is 69.2 cm³/mol. The standard InChI is InChI=1S/C13H18N4O/c1-17(9-5-8-14)10-12(13(18)16-15)11-6-3-2-4-7-11/h2-4,6-7,12H,5,9-10,15H2,1H3,(H,16,18). The zero-order valence-corrected chi connectivity index (χ0v) is 10.5. The second-order valence-electron chi connectivity index (χ2n) is 4.14. The molecule has 0 saturated heterocycles. The maximum atomic E-state index is 11.8. The Bertz CT molecular complexity index is 413. The molecule has 18 heavy (non-hydrogen) atoms. The molecule has 0 aliphatic carbocycles. The van der Waals surface area contributed by atoms with E-state index in [1.54, 1.807) is 0 Å². The molecule has 3 N–H and O–H groups in total. The second kappa shape index (κ2) is 7.43. The maximum Gasteiger partial charge on any atom is 0.242 e. The number of hydrazine groups is 1. The Morgan fingerprint density at radius 2 is 2.17 bits per heavy atom. The number of benzene rings is 1. The highest BCUT2D eigenvalue weighted by Gasteiger charge is 2.21. The van der Waals surface area contributed by atoms with Gasteiger partial charge in [-0.15, -0.1) is 0 Å². The van der Waals surface area contributed by atoms with Gasteiger partial charge in [0.05, 0.1) is 12.0 Å². The van der Waals surface area contributed by atoms with Crippen molar-refractivity contribution >= 4 is 5.91 Å². The number of hydrogen-bond acceptors (Lipinski definition) is 4. The molecule has 5 heteroatoms.